The SMILES string of the molecule is CC(=O)NCCNc1cc(NCCNC(=O)C2CCN(C(=O)c3ccccc3)CC2)nc(-c2ccccc2)n1. The highest BCUT2D eigenvalue weighted by molar-refractivity contribution is 5.94. The zero-order chi connectivity index (χ0) is 27.5. The van der Waals surface area contributed by atoms with E-state index in [9.17, 15) is 14.4 Å². The van der Waals surface area contributed by atoms with E-state index in [1.165, 1.54) is 6.92 Å². The van der Waals surface area contributed by atoms with Crippen LogP contribution in [0, 0.1) is 5.92 Å². The minimum atomic E-state index is -0.104. The fraction of sp³-hybridized carbons (Fsp3) is 0.345. The zero-order valence-electron chi connectivity index (χ0n) is 22.2. The molecule has 0 radical (unpaired) electrons. The van der Waals surface area contributed by atoms with Gasteiger partial charge in [-0.15, -0.1) is 0 Å². The van der Waals surface area contributed by atoms with Gasteiger partial charge in [0.05, 0.1) is 0 Å². The van der Waals surface area contributed by atoms with Crippen LogP contribution in [0.4, 0.5) is 11.6 Å². The normalized spacial score (nSPS) is 13.4. The van der Waals surface area contributed by atoms with Crippen molar-refractivity contribution in [3.63, 3.8) is 0 Å². The number of nitrogens with one attached hydrogen (secondary N) is 4. The molecule has 10 nitrogen and oxygen atoms in total. The van der Waals surface area contributed by atoms with Gasteiger partial charge in [0.1, 0.15) is 11.6 Å². The first-order valence-electron chi connectivity index (χ1n) is 13.3. The van der Waals surface area contributed by atoms with Gasteiger partial charge >= 0.3 is 0 Å². The molecule has 1 aliphatic heterocycles. The second-order valence-electron chi connectivity index (χ2n) is 9.39. The minimum absolute atomic E-state index is 0.0107. The Labute approximate surface area is 228 Å². The van der Waals surface area contributed by atoms with Gasteiger partial charge in [0, 0.05) is 69.3 Å². The van der Waals surface area contributed by atoms with Gasteiger partial charge in [-0.25, -0.2) is 9.97 Å². The molecule has 204 valence electrons. The number of amides is 3. The summed E-state index contributed by atoms with van der Waals surface area (Å²) in [4.78, 5) is 47.6. The summed E-state index contributed by atoms with van der Waals surface area (Å²) in [5.74, 6) is 1.68. The van der Waals surface area contributed by atoms with Gasteiger partial charge in [-0.3, -0.25) is 14.4 Å². The summed E-state index contributed by atoms with van der Waals surface area (Å²) in [5.41, 5.74) is 1.56. The molecule has 4 N–H and O–H groups in total. The number of nitrogens with zero attached hydrogens (tertiary/aromatic N) is 3. The number of hydrogen-bond donors (Lipinski definition) is 4. The monoisotopic (exact) mass is 529 g/mol. The summed E-state index contributed by atoms with van der Waals surface area (Å²) in [6.45, 7) is 4.57. The lowest BCUT2D eigenvalue weighted by Crippen LogP contribution is -2.43. The number of carbonyl (C=O) groups excluding carboxylic acids is 3. The molecule has 10 heteroatoms. The molecule has 2 heterocycles. The van der Waals surface area contributed by atoms with Gasteiger partial charge in [0.15, 0.2) is 5.82 Å². The molecule has 1 aliphatic rings. The summed E-state index contributed by atoms with van der Waals surface area (Å²) in [6, 6.07) is 20.7. The van der Waals surface area contributed by atoms with Crippen LogP contribution in [0.25, 0.3) is 11.4 Å². The summed E-state index contributed by atoms with van der Waals surface area (Å²) in [6.07, 6.45) is 1.30. The number of likely N-dealkylation sites (tertiary alicyclic amines) is 1. The molecule has 0 bridgehead atoms. The number of aromatic nitrogens is 2. The van der Waals surface area contributed by atoms with Gasteiger partial charge in [0.2, 0.25) is 11.8 Å². The van der Waals surface area contributed by atoms with Crippen LogP contribution >= 0.6 is 0 Å². The molecule has 39 heavy (non-hydrogen) atoms. The van der Waals surface area contributed by atoms with Crippen LogP contribution in [-0.4, -0.2) is 71.9 Å². The van der Waals surface area contributed by atoms with Crippen LogP contribution < -0.4 is 21.3 Å². The molecule has 0 spiro atoms. The average Bonchev–Trinajstić information content (AvgIpc) is 2.98. The fourth-order valence-electron chi connectivity index (χ4n) is 4.40. The molecular weight excluding hydrogens is 494 g/mol. The van der Waals surface area contributed by atoms with E-state index in [-0.39, 0.29) is 23.6 Å². The lowest BCUT2D eigenvalue weighted by Gasteiger charge is -2.31. The van der Waals surface area contributed by atoms with Gasteiger partial charge < -0.3 is 26.2 Å². The van der Waals surface area contributed by atoms with Crippen molar-refractivity contribution in [2.45, 2.75) is 19.8 Å². The third-order valence-electron chi connectivity index (χ3n) is 6.47. The molecule has 1 saturated heterocycles. The van der Waals surface area contributed by atoms with Crippen molar-refractivity contribution >= 4 is 29.4 Å². The van der Waals surface area contributed by atoms with Crippen LogP contribution in [0.15, 0.2) is 66.7 Å². The van der Waals surface area contributed by atoms with E-state index in [0.29, 0.717) is 75.1 Å². The first-order chi connectivity index (χ1) is 19.0. The largest absolute Gasteiger partial charge is 0.368 e. The Morgan fingerprint density at radius 2 is 1.36 bits per heavy atom. The van der Waals surface area contributed by atoms with E-state index in [1.807, 2.05) is 71.6 Å². The second-order valence-corrected chi connectivity index (χ2v) is 9.39. The maximum absolute atomic E-state index is 12.7. The number of piperidine rings is 1. The van der Waals surface area contributed by atoms with Crippen LogP contribution in [0.3, 0.4) is 0 Å². The molecule has 0 saturated carbocycles. The average molecular weight is 530 g/mol. The lowest BCUT2D eigenvalue weighted by molar-refractivity contribution is -0.126. The fourth-order valence-corrected chi connectivity index (χ4v) is 4.40. The molecule has 3 amide bonds. The molecular formula is C29H35N7O3. The topological polar surface area (TPSA) is 128 Å². The molecule has 2 aromatic carbocycles. The third-order valence-corrected chi connectivity index (χ3v) is 6.47. The van der Waals surface area contributed by atoms with Crippen molar-refractivity contribution in [2.24, 2.45) is 5.92 Å². The predicted molar refractivity (Wildman–Crippen MR) is 151 cm³/mol. The van der Waals surface area contributed by atoms with E-state index < -0.39 is 0 Å². The van der Waals surface area contributed by atoms with E-state index in [4.69, 9.17) is 0 Å². The van der Waals surface area contributed by atoms with Gasteiger partial charge in [0.25, 0.3) is 5.91 Å². The van der Waals surface area contributed by atoms with Crippen LogP contribution in [0.2, 0.25) is 0 Å². The number of hydrogen-bond acceptors (Lipinski definition) is 7. The van der Waals surface area contributed by atoms with Gasteiger partial charge in [-0.1, -0.05) is 48.5 Å². The third kappa shape index (κ3) is 8.26. The molecule has 3 aromatic rings. The standard InChI is InChI=1S/C29H35N7O3/c1-21(37)30-14-15-31-25-20-26(35-27(34-25)22-8-4-2-5-9-22)32-16-17-33-28(38)23-12-18-36(19-13-23)29(39)24-10-6-3-7-11-24/h2-11,20,23H,12-19H2,1H3,(H,30,37)(H,33,38)(H2,31,32,34,35). The van der Waals surface area contributed by atoms with Crippen molar-refractivity contribution in [2.75, 3.05) is 49.9 Å². The van der Waals surface area contributed by atoms with Crippen LogP contribution in [0.1, 0.15) is 30.1 Å². The lowest BCUT2D eigenvalue weighted by atomic mass is 9.95. The summed E-state index contributed by atoms with van der Waals surface area (Å²) in [7, 11) is 0. The molecule has 1 aromatic heterocycles. The smallest absolute Gasteiger partial charge is 0.253 e. The molecule has 0 aliphatic carbocycles. The van der Waals surface area contributed by atoms with Crippen molar-refractivity contribution in [3.8, 4) is 11.4 Å². The highest BCUT2D eigenvalue weighted by atomic mass is 16.2. The first kappa shape index (κ1) is 27.6. The minimum Gasteiger partial charge on any atom is -0.368 e. The number of carbonyl (C=O) groups is 3. The summed E-state index contributed by atoms with van der Waals surface area (Å²) >= 11 is 0. The quantitative estimate of drug-likeness (QED) is 0.281. The van der Waals surface area contributed by atoms with E-state index in [1.54, 1.807) is 0 Å². The Kier molecular flexibility index (Phi) is 9.82. The van der Waals surface area contributed by atoms with Crippen molar-refractivity contribution in [1.82, 2.24) is 25.5 Å². The van der Waals surface area contributed by atoms with E-state index in [2.05, 4.69) is 31.2 Å². The molecule has 4 rings (SSSR count). The number of rotatable bonds is 11. The number of benzene rings is 2. The van der Waals surface area contributed by atoms with Gasteiger partial charge in [-0.05, 0) is 25.0 Å². The maximum atomic E-state index is 12.7. The maximum Gasteiger partial charge on any atom is 0.253 e. The Bertz CT molecular complexity index is 1250. The predicted octanol–water partition coefficient (Wildman–Crippen LogP) is 2.77. The molecule has 1 fully saturated rings. The first-order valence-corrected chi connectivity index (χ1v) is 13.3. The van der Waals surface area contributed by atoms with Crippen LogP contribution in [0.5, 0.6) is 0 Å². The Morgan fingerprint density at radius 3 is 1.95 bits per heavy atom. The Balaban J connectivity index is 1.25. The second kappa shape index (κ2) is 13.9. The van der Waals surface area contributed by atoms with E-state index in [0.717, 1.165) is 5.56 Å². The Morgan fingerprint density at radius 1 is 0.795 bits per heavy atom. The van der Waals surface area contributed by atoms with Crippen molar-refractivity contribution in [1.29, 1.82) is 0 Å². The number of anilines is 2. The van der Waals surface area contributed by atoms with Gasteiger partial charge in [-0.2, -0.15) is 0 Å². The highest BCUT2D eigenvalue weighted by Crippen LogP contribution is 2.21. The molecule has 0 unspecified atom stereocenters. The zero-order valence-corrected chi connectivity index (χ0v) is 22.2. The van der Waals surface area contributed by atoms with Crippen LogP contribution in [-0.2, 0) is 9.59 Å². The Hall–Kier alpha value is -4.47. The van der Waals surface area contributed by atoms with E-state index >= 15 is 0 Å². The summed E-state index contributed by atoms with van der Waals surface area (Å²) < 4.78 is 0. The van der Waals surface area contributed by atoms with Crippen molar-refractivity contribution in [3.05, 3.63) is 72.3 Å². The molecule has 0 atom stereocenters. The van der Waals surface area contributed by atoms with Crippen molar-refractivity contribution < 1.29 is 14.4 Å². The highest BCUT2D eigenvalue weighted by Gasteiger charge is 2.27. The summed E-state index contributed by atoms with van der Waals surface area (Å²) in [5, 5.41) is 12.3.